The van der Waals surface area contributed by atoms with Gasteiger partial charge in [-0.3, -0.25) is 9.48 Å². The minimum absolute atomic E-state index is 0.316. The molecule has 0 N–H and O–H groups in total. The van der Waals surface area contributed by atoms with Crippen LogP contribution in [0.1, 0.15) is 5.69 Å². The first-order valence-electron chi connectivity index (χ1n) is 2.31. The zero-order chi connectivity index (χ0) is 6.85. The normalized spacial score (nSPS) is 9.56. The summed E-state index contributed by atoms with van der Waals surface area (Å²) in [6, 6.07) is 1.45. The summed E-state index contributed by atoms with van der Waals surface area (Å²) in [7, 11) is 1.63. The Hall–Kier alpha value is -0.830. The van der Waals surface area contributed by atoms with Crippen LogP contribution in [0.25, 0.3) is 0 Å². The second-order valence-electron chi connectivity index (χ2n) is 1.58. The van der Waals surface area contributed by atoms with Gasteiger partial charge in [-0.1, -0.05) is 11.6 Å². The van der Waals surface area contributed by atoms with Gasteiger partial charge in [0.15, 0.2) is 5.15 Å². The Labute approximate surface area is 57.2 Å². The van der Waals surface area contributed by atoms with Crippen LogP contribution in [0.4, 0.5) is 0 Å². The highest BCUT2D eigenvalue weighted by molar-refractivity contribution is 6.29. The third-order valence-electron chi connectivity index (χ3n) is 0.955. The lowest BCUT2D eigenvalue weighted by atomic mass is 10.5. The highest BCUT2D eigenvalue weighted by Gasteiger charge is 1.99. The van der Waals surface area contributed by atoms with E-state index in [-0.39, 0.29) is 0 Å². The first kappa shape index (κ1) is 6.29. The fraction of sp³-hybridized carbons (Fsp3) is 0.200. The number of aryl methyl sites for hydroxylation is 1. The molecule has 0 amide bonds. The predicted molar refractivity (Wildman–Crippen MR) is 33.0 cm³/mol. The van der Waals surface area contributed by atoms with E-state index in [2.05, 4.69) is 5.10 Å². The van der Waals surface area contributed by atoms with Gasteiger partial charge < -0.3 is 0 Å². The molecule has 1 rings (SSSR count). The predicted octanol–water partition coefficient (Wildman–Crippen LogP) is 0.531. The molecule has 0 atom stereocenters. The van der Waals surface area contributed by atoms with Crippen molar-refractivity contribution in [3.8, 4) is 0 Å². The van der Waals surface area contributed by atoms with E-state index in [1.165, 1.54) is 10.7 Å². The maximum Gasteiger partial charge on any atom is 0.253 e. The third-order valence-corrected chi connectivity index (χ3v) is 1.14. The monoisotopic (exact) mass is 143 g/mol. The van der Waals surface area contributed by atoms with Gasteiger partial charge in [0.25, 0.3) is 6.29 Å². The van der Waals surface area contributed by atoms with Gasteiger partial charge in [-0.15, -0.1) is 0 Å². The number of aromatic nitrogens is 2. The second-order valence-corrected chi connectivity index (χ2v) is 1.97. The van der Waals surface area contributed by atoms with E-state index in [9.17, 15) is 4.79 Å². The Morgan fingerprint density at radius 2 is 2.56 bits per heavy atom. The van der Waals surface area contributed by atoms with Gasteiger partial charge in [0.1, 0.15) is 5.69 Å². The van der Waals surface area contributed by atoms with Gasteiger partial charge in [-0.05, 0) is 0 Å². The lowest BCUT2D eigenvalue weighted by Crippen LogP contribution is -1.95. The molecule has 0 aliphatic rings. The van der Waals surface area contributed by atoms with Crippen LogP contribution in [0.5, 0.6) is 0 Å². The molecule has 3 nitrogen and oxygen atoms in total. The average molecular weight is 144 g/mol. The van der Waals surface area contributed by atoms with Crippen LogP contribution in [0.3, 0.4) is 0 Å². The Bertz CT molecular complexity index is 231. The lowest BCUT2D eigenvalue weighted by Gasteiger charge is -1.85. The molecule has 0 fully saturated rings. The second kappa shape index (κ2) is 2.19. The Morgan fingerprint density at radius 1 is 1.89 bits per heavy atom. The summed E-state index contributed by atoms with van der Waals surface area (Å²) in [5.74, 6) is 0. The molecule has 0 aliphatic carbocycles. The molecule has 0 aliphatic heterocycles. The van der Waals surface area contributed by atoms with Crippen molar-refractivity contribution in [1.29, 1.82) is 0 Å². The first-order chi connectivity index (χ1) is 4.24. The standard InChI is InChI=1S/C5H4ClN2O/c1-8-4(3-9)2-5(6)7-8/h2H,1H3. The van der Waals surface area contributed by atoms with Crippen molar-refractivity contribution in [2.24, 2.45) is 7.05 Å². The minimum Gasteiger partial charge on any atom is -0.283 e. The topological polar surface area (TPSA) is 34.9 Å². The molecular formula is C5H4ClN2O. The van der Waals surface area contributed by atoms with Crippen LogP contribution in [0.15, 0.2) is 6.07 Å². The number of nitrogens with zero attached hydrogens (tertiary/aromatic N) is 2. The molecule has 0 bridgehead atoms. The summed E-state index contributed by atoms with van der Waals surface area (Å²) in [4.78, 5) is 10.00. The number of halogens is 1. The number of rotatable bonds is 1. The molecule has 1 radical (unpaired) electrons. The molecular weight excluding hydrogens is 140 g/mol. The zero-order valence-electron chi connectivity index (χ0n) is 4.76. The van der Waals surface area contributed by atoms with Crippen molar-refractivity contribution in [2.75, 3.05) is 0 Å². The smallest absolute Gasteiger partial charge is 0.253 e. The van der Waals surface area contributed by atoms with Crippen LogP contribution >= 0.6 is 11.6 Å². The maximum atomic E-state index is 10.00. The molecule has 0 saturated carbocycles. The minimum atomic E-state index is 0.316. The summed E-state index contributed by atoms with van der Waals surface area (Å²) in [5, 5.41) is 4.02. The summed E-state index contributed by atoms with van der Waals surface area (Å²) in [6.45, 7) is 0. The summed E-state index contributed by atoms with van der Waals surface area (Å²) < 4.78 is 1.37. The number of hydrogen-bond donors (Lipinski definition) is 0. The maximum absolute atomic E-state index is 10.00. The summed E-state index contributed by atoms with van der Waals surface area (Å²) >= 11 is 5.43. The van der Waals surface area contributed by atoms with E-state index in [0.717, 1.165) is 0 Å². The molecule has 1 heterocycles. The molecule has 1 aromatic rings. The van der Waals surface area contributed by atoms with E-state index < -0.39 is 0 Å². The molecule has 0 saturated heterocycles. The van der Waals surface area contributed by atoms with Gasteiger partial charge in [0.2, 0.25) is 0 Å². The molecule has 9 heavy (non-hydrogen) atoms. The molecule has 4 heteroatoms. The van der Waals surface area contributed by atoms with Crippen LogP contribution in [-0.4, -0.2) is 16.1 Å². The Morgan fingerprint density at radius 3 is 2.78 bits per heavy atom. The van der Waals surface area contributed by atoms with Crippen LogP contribution < -0.4 is 0 Å². The van der Waals surface area contributed by atoms with E-state index in [0.29, 0.717) is 10.8 Å². The molecule has 0 unspecified atom stereocenters. The van der Waals surface area contributed by atoms with Crippen molar-refractivity contribution in [2.45, 2.75) is 0 Å². The van der Waals surface area contributed by atoms with Crippen LogP contribution in [-0.2, 0) is 11.8 Å². The fourth-order valence-electron chi connectivity index (χ4n) is 0.528. The SMILES string of the molecule is Cn1nc(Cl)cc1[C]=O. The lowest BCUT2D eigenvalue weighted by molar-refractivity contribution is 0.558. The largest absolute Gasteiger partial charge is 0.283 e. The van der Waals surface area contributed by atoms with Crippen molar-refractivity contribution in [3.63, 3.8) is 0 Å². The third kappa shape index (κ3) is 1.10. The van der Waals surface area contributed by atoms with E-state index in [1.807, 2.05) is 0 Å². The quantitative estimate of drug-likeness (QED) is 0.575. The van der Waals surface area contributed by atoms with E-state index in [4.69, 9.17) is 11.6 Å². The number of carbonyl (C=O) groups excluding carboxylic acids is 1. The average Bonchev–Trinajstić information content (AvgIpc) is 2.10. The van der Waals surface area contributed by atoms with E-state index in [1.54, 1.807) is 13.3 Å². The van der Waals surface area contributed by atoms with Gasteiger partial charge >= 0.3 is 0 Å². The molecule has 47 valence electrons. The highest BCUT2D eigenvalue weighted by Crippen LogP contribution is 2.05. The van der Waals surface area contributed by atoms with Gasteiger partial charge in [0.05, 0.1) is 0 Å². The number of hydrogen-bond acceptors (Lipinski definition) is 2. The molecule has 0 spiro atoms. The molecule has 1 aromatic heterocycles. The van der Waals surface area contributed by atoms with Gasteiger partial charge in [-0.25, -0.2) is 0 Å². The zero-order valence-corrected chi connectivity index (χ0v) is 5.51. The van der Waals surface area contributed by atoms with Crippen molar-refractivity contribution >= 4 is 17.9 Å². The summed E-state index contributed by atoms with van der Waals surface area (Å²) in [5.41, 5.74) is 0.361. The fourth-order valence-corrected chi connectivity index (χ4v) is 0.745. The van der Waals surface area contributed by atoms with Crippen LogP contribution in [0, 0.1) is 0 Å². The summed E-state index contributed by atoms with van der Waals surface area (Å²) in [6.07, 6.45) is 1.68. The van der Waals surface area contributed by atoms with E-state index >= 15 is 0 Å². The Balaban J connectivity index is 3.15. The highest BCUT2D eigenvalue weighted by atomic mass is 35.5. The molecule has 0 aromatic carbocycles. The van der Waals surface area contributed by atoms with Crippen molar-refractivity contribution < 1.29 is 4.79 Å². The van der Waals surface area contributed by atoms with Crippen molar-refractivity contribution in [1.82, 2.24) is 9.78 Å². The first-order valence-corrected chi connectivity index (χ1v) is 2.69. The van der Waals surface area contributed by atoms with Crippen LogP contribution in [0.2, 0.25) is 5.15 Å². The van der Waals surface area contributed by atoms with Gasteiger partial charge in [-0.2, -0.15) is 5.10 Å². The van der Waals surface area contributed by atoms with Gasteiger partial charge in [0, 0.05) is 13.1 Å². The van der Waals surface area contributed by atoms with Crippen molar-refractivity contribution in [3.05, 3.63) is 16.9 Å². The Kier molecular flexibility index (Phi) is 1.53.